The first-order valence-corrected chi connectivity index (χ1v) is 10.1. The molecule has 170 valence electrons. The lowest BCUT2D eigenvalue weighted by molar-refractivity contribution is -0.176. The standard InChI is InChI=1S/C23H26N2O7/c1-6-24-13(2)17(20(27)31-4)18(15-10-8-7-9-11-15)25-19(24)16(14(3)26)12-23(30,21(25)28)22(29)32-5/h7-11,18,30H,6,12H2,1-5H3/t18-,23+/m1/s1. The van der Waals surface area contributed by atoms with E-state index >= 15 is 0 Å². The molecule has 1 amide bonds. The molecule has 9 nitrogen and oxygen atoms in total. The summed E-state index contributed by atoms with van der Waals surface area (Å²) in [6, 6.07) is 7.66. The van der Waals surface area contributed by atoms with Gasteiger partial charge < -0.3 is 19.5 Å². The summed E-state index contributed by atoms with van der Waals surface area (Å²) in [5.41, 5.74) is -1.31. The van der Waals surface area contributed by atoms with E-state index in [-0.39, 0.29) is 17.0 Å². The molecule has 0 aliphatic carbocycles. The summed E-state index contributed by atoms with van der Waals surface area (Å²) in [7, 11) is 2.28. The fraction of sp³-hybridized carbons (Fsp3) is 0.391. The summed E-state index contributed by atoms with van der Waals surface area (Å²) in [5, 5.41) is 11.1. The topological polar surface area (TPSA) is 113 Å². The molecular weight excluding hydrogens is 416 g/mol. The third-order valence-electron chi connectivity index (χ3n) is 5.87. The van der Waals surface area contributed by atoms with Crippen LogP contribution in [0.4, 0.5) is 0 Å². The Hall–Kier alpha value is -3.46. The molecule has 0 radical (unpaired) electrons. The van der Waals surface area contributed by atoms with Crippen LogP contribution in [-0.4, -0.2) is 64.9 Å². The first-order valence-electron chi connectivity index (χ1n) is 10.1. The van der Waals surface area contributed by atoms with Crippen LogP contribution in [-0.2, 0) is 28.7 Å². The molecule has 0 saturated heterocycles. The number of methoxy groups -OCH3 is 2. The van der Waals surface area contributed by atoms with Gasteiger partial charge in [-0.05, 0) is 26.3 Å². The van der Waals surface area contributed by atoms with Crippen molar-refractivity contribution in [2.75, 3.05) is 20.8 Å². The van der Waals surface area contributed by atoms with Gasteiger partial charge in [-0.3, -0.25) is 14.5 Å². The van der Waals surface area contributed by atoms with Crippen molar-refractivity contribution in [2.45, 2.75) is 38.8 Å². The molecule has 2 aliphatic heterocycles. The van der Waals surface area contributed by atoms with E-state index < -0.39 is 41.7 Å². The van der Waals surface area contributed by atoms with Gasteiger partial charge >= 0.3 is 11.9 Å². The van der Waals surface area contributed by atoms with Gasteiger partial charge in [0.05, 0.1) is 25.8 Å². The quantitative estimate of drug-likeness (QED) is 0.539. The first-order chi connectivity index (χ1) is 15.1. The van der Waals surface area contributed by atoms with Gasteiger partial charge in [0.1, 0.15) is 5.82 Å². The molecule has 32 heavy (non-hydrogen) atoms. The summed E-state index contributed by atoms with van der Waals surface area (Å²) in [6.45, 7) is 5.13. The molecule has 9 heteroatoms. The smallest absolute Gasteiger partial charge is 0.348 e. The number of nitrogens with zero attached hydrogens (tertiary/aromatic N) is 2. The Kier molecular flexibility index (Phi) is 6.23. The van der Waals surface area contributed by atoms with Crippen molar-refractivity contribution in [2.24, 2.45) is 0 Å². The van der Waals surface area contributed by atoms with Gasteiger partial charge in [0.2, 0.25) is 5.60 Å². The minimum atomic E-state index is -2.61. The Labute approximate surface area is 185 Å². The summed E-state index contributed by atoms with van der Waals surface area (Å²) in [4.78, 5) is 54.5. The van der Waals surface area contributed by atoms with Crippen molar-refractivity contribution in [1.82, 2.24) is 9.80 Å². The molecule has 2 aliphatic rings. The number of rotatable bonds is 5. The molecule has 0 spiro atoms. The fourth-order valence-corrected chi connectivity index (χ4v) is 4.33. The van der Waals surface area contributed by atoms with Gasteiger partial charge in [-0.15, -0.1) is 0 Å². The van der Waals surface area contributed by atoms with Crippen LogP contribution >= 0.6 is 0 Å². The fourth-order valence-electron chi connectivity index (χ4n) is 4.33. The minimum Gasteiger partial charge on any atom is -0.466 e. The van der Waals surface area contributed by atoms with Crippen LogP contribution in [0.2, 0.25) is 0 Å². The molecule has 3 rings (SSSR count). The van der Waals surface area contributed by atoms with Crippen molar-refractivity contribution >= 4 is 23.6 Å². The molecule has 2 atom stereocenters. The van der Waals surface area contributed by atoms with Crippen LogP contribution in [0.1, 0.15) is 38.8 Å². The number of benzene rings is 1. The number of carbonyl (C=O) groups excluding carboxylic acids is 4. The highest BCUT2D eigenvalue weighted by Gasteiger charge is 2.58. The van der Waals surface area contributed by atoms with Crippen LogP contribution in [0.5, 0.6) is 0 Å². The Morgan fingerprint density at radius 1 is 1.16 bits per heavy atom. The molecule has 1 N–H and O–H groups in total. The zero-order valence-electron chi connectivity index (χ0n) is 18.7. The van der Waals surface area contributed by atoms with Crippen molar-refractivity contribution < 1.29 is 33.8 Å². The predicted octanol–water partition coefficient (Wildman–Crippen LogP) is 1.45. The van der Waals surface area contributed by atoms with Crippen molar-refractivity contribution in [3.8, 4) is 0 Å². The van der Waals surface area contributed by atoms with Crippen molar-refractivity contribution in [3.05, 3.63) is 58.6 Å². The Morgan fingerprint density at radius 2 is 1.78 bits per heavy atom. The number of Topliss-reactive ketones (excluding diaryl/α,β-unsaturated/α-hetero) is 1. The van der Waals surface area contributed by atoms with E-state index in [2.05, 4.69) is 0 Å². The number of ketones is 1. The van der Waals surface area contributed by atoms with Crippen LogP contribution in [0.3, 0.4) is 0 Å². The Bertz CT molecular complexity index is 1040. The van der Waals surface area contributed by atoms with E-state index in [0.29, 0.717) is 17.8 Å². The summed E-state index contributed by atoms with van der Waals surface area (Å²) in [6.07, 6.45) is -0.529. The lowest BCUT2D eigenvalue weighted by atomic mass is 9.82. The number of amides is 1. The van der Waals surface area contributed by atoms with Crippen LogP contribution in [0, 0.1) is 0 Å². The number of carbonyl (C=O) groups is 4. The van der Waals surface area contributed by atoms with Gasteiger partial charge in [-0.2, -0.15) is 0 Å². The molecule has 1 aromatic rings. The van der Waals surface area contributed by atoms with Gasteiger partial charge in [0.15, 0.2) is 5.78 Å². The number of esters is 2. The van der Waals surface area contributed by atoms with Crippen molar-refractivity contribution in [3.63, 3.8) is 0 Å². The monoisotopic (exact) mass is 442 g/mol. The number of hydrogen-bond donors (Lipinski definition) is 1. The number of allylic oxidation sites excluding steroid dienone is 1. The van der Waals surface area contributed by atoms with E-state index in [4.69, 9.17) is 9.47 Å². The summed E-state index contributed by atoms with van der Waals surface area (Å²) in [5.74, 6) is -3.01. The van der Waals surface area contributed by atoms with Crippen LogP contribution < -0.4 is 0 Å². The third kappa shape index (κ3) is 3.38. The number of aliphatic hydroxyl groups is 1. The number of fused-ring (bicyclic) bond motifs is 1. The summed E-state index contributed by atoms with van der Waals surface area (Å²) < 4.78 is 9.71. The Balaban J connectivity index is 2.44. The highest BCUT2D eigenvalue weighted by Crippen LogP contribution is 2.47. The highest BCUT2D eigenvalue weighted by atomic mass is 16.5. The molecule has 0 saturated carbocycles. The molecule has 0 unspecified atom stereocenters. The predicted molar refractivity (Wildman–Crippen MR) is 112 cm³/mol. The second kappa shape index (κ2) is 8.58. The largest absolute Gasteiger partial charge is 0.466 e. The van der Waals surface area contributed by atoms with E-state index in [1.807, 2.05) is 0 Å². The van der Waals surface area contributed by atoms with Gasteiger partial charge in [-0.25, -0.2) is 9.59 Å². The molecule has 1 aromatic carbocycles. The molecule has 0 aromatic heterocycles. The molecular formula is C23H26N2O7. The molecule has 2 heterocycles. The Morgan fingerprint density at radius 3 is 2.28 bits per heavy atom. The van der Waals surface area contributed by atoms with E-state index in [0.717, 1.165) is 12.0 Å². The maximum Gasteiger partial charge on any atom is 0.348 e. The van der Waals surface area contributed by atoms with Crippen LogP contribution in [0.25, 0.3) is 0 Å². The normalized spacial score (nSPS) is 23.2. The van der Waals surface area contributed by atoms with E-state index in [9.17, 15) is 24.3 Å². The minimum absolute atomic E-state index is 0.0866. The van der Waals surface area contributed by atoms with E-state index in [1.54, 1.807) is 49.1 Å². The zero-order chi connectivity index (χ0) is 23.8. The third-order valence-corrected chi connectivity index (χ3v) is 5.87. The van der Waals surface area contributed by atoms with Gasteiger partial charge in [0.25, 0.3) is 5.91 Å². The highest BCUT2D eigenvalue weighted by molar-refractivity contribution is 6.11. The second-order valence-electron chi connectivity index (χ2n) is 7.61. The van der Waals surface area contributed by atoms with Crippen molar-refractivity contribution in [1.29, 1.82) is 0 Å². The maximum atomic E-state index is 13.7. The SMILES string of the molecule is CCN1C(C)=C(C(=O)OC)[C@@H](c2ccccc2)N2C(=O)[C@](O)(C(=O)OC)CC(C(C)=O)=C12. The maximum absolute atomic E-state index is 13.7. The van der Waals surface area contributed by atoms with Crippen LogP contribution in [0.15, 0.2) is 53.0 Å². The van der Waals surface area contributed by atoms with E-state index in [1.165, 1.54) is 14.0 Å². The van der Waals surface area contributed by atoms with Gasteiger partial charge in [-0.1, -0.05) is 30.3 Å². The van der Waals surface area contributed by atoms with Gasteiger partial charge in [0, 0.05) is 24.2 Å². The lowest BCUT2D eigenvalue weighted by Crippen LogP contribution is -2.62. The average molecular weight is 442 g/mol. The zero-order valence-corrected chi connectivity index (χ0v) is 18.7. The summed E-state index contributed by atoms with van der Waals surface area (Å²) >= 11 is 0. The first kappa shape index (κ1) is 23.2. The number of hydrogen-bond acceptors (Lipinski definition) is 8. The molecule has 0 fully saturated rings. The average Bonchev–Trinajstić information content (AvgIpc) is 2.79. The second-order valence-corrected chi connectivity index (χ2v) is 7.61. The molecule has 0 bridgehead atoms. The lowest BCUT2D eigenvalue weighted by Gasteiger charge is -2.50. The number of ether oxygens (including phenoxy) is 2.